The minimum atomic E-state index is -0.418. The van der Waals surface area contributed by atoms with Crippen molar-refractivity contribution >= 4 is 11.6 Å². The third-order valence-corrected chi connectivity index (χ3v) is 3.09. The number of ether oxygens (including phenoxy) is 1. The maximum Gasteiger partial charge on any atom is 0.238 e. The molecule has 0 radical (unpaired) electrons. The molecule has 0 aromatic heterocycles. The molecule has 23 heavy (non-hydrogen) atoms. The summed E-state index contributed by atoms with van der Waals surface area (Å²) in [4.78, 5) is 13.6. The van der Waals surface area contributed by atoms with Gasteiger partial charge in [0, 0.05) is 12.2 Å². The summed E-state index contributed by atoms with van der Waals surface area (Å²) in [6.07, 6.45) is 0. The summed E-state index contributed by atoms with van der Waals surface area (Å²) >= 11 is 0. The fourth-order valence-corrected chi connectivity index (χ4v) is 1.96. The van der Waals surface area contributed by atoms with Crippen molar-refractivity contribution < 1.29 is 18.3 Å². The van der Waals surface area contributed by atoms with Crippen LogP contribution in [-0.2, 0) is 4.79 Å². The van der Waals surface area contributed by atoms with Crippen molar-refractivity contribution in [1.82, 2.24) is 4.90 Å². The van der Waals surface area contributed by atoms with Crippen LogP contribution < -0.4 is 10.1 Å². The minimum absolute atomic E-state index is 0.122. The van der Waals surface area contributed by atoms with Crippen molar-refractivity contribution in [1.29, 1.82) is 0 Å². The van der Waals surface area contributed by atoms with Gasteiger partial charge in [-0.3, -0.25) is 9.69 Å². The number of likely N-dealkylation sites (N-methyl/N-ethyl adjacent to an activating group) is 1. The van der Waals surface area contributed by atoms with Crippen LogP contribution in [0.4, 0.5) is 14.5 Å². The van der Waals surface area contributed by atoms with Gasteiger partial charge in [0.25, 0.3) is 0 Å². The Bertz CT molecular complexity index is 665. The topological polar surface area (TPSA) is 41.6 Å². The zero-order valence-corrected chi connectivity index (χ0v) is 12.8. The normalized spacial score (nSPS) is 10.6. The number of anilines is 1. The molecular formula is C17H18F2N2O2. The van der Waals surface area contributed by atoms with Gasteiger partial charge in [0.15, 0.2) is 11.6 Å². The van der Waals surface area contributed by atoms with Crippen LogP contribution in [0.3, 0.4) is 0 Å². The predicted octanol–water partition coefficient (Wildman–Crippen LogP) is 2.91. The number of nitrogens with zero attached hydrogens (tertiary/aromatic N) is 1. The average Bonchev–Trinajstić information content (AvgIpc) is 2.49. The van der Waals surface area contributed by atoms with Gasteiger partial charge in [-0.1, -0.05) is 18.2 Å². The number of halogens is 2. The summed E-state index contributed by atoms with van der Waals surface area (Å²) < 4.78 is 31.7. The lowest BCUT2D eigenvalue weighted by Gasteiger charge is -2.16. The molecule has 2 aromatic rings. The van der Waals surface area contributed by atoms with E-state index >= 15 is 0 Å². The van der Waals surface area contributed by atoms with E-state index < -0.39 is 11.6 Å². The van der Waals surface area contributed by atoms with Gasteiger partial charge in [0.05, 0.1) is 6.54 Å². The Hall–Kier alpha value is -2.47. The van der Waals surface area contributed by atoms with Crippen LogP contribution in [0.2, 0.25) is 0 Å². The molecule has 4 nitrogen and oxygen atoms in total. The van der Waals surface area contributed by atoms with E-state index in [2.05, 4.69) is 5.32 Å². The van der Waals surface area contributed by atoms with E-state index in [0.717, 1.165) is 0 Å². The smallest absolute Gasteiger partial charge is 0.238 e. The second kappa shape index (κ2) is 8.24. The first-order chi connectivity index (χ1) is 11.0. The largest absolute Gasteiger partial charge is 0.489 e. The number of hydrogen-bond donors (Lipinski definition) is 1. The minimum Gasteiger partial charge on any atom is -0.489 e. The second-order valence-corrected chi connectivity index (χ2v) is 5.08. The fraction of sp³-hybridized carbons (Fsp3) is 0.235. The summed E-state index contributed by atoms with van der Waals surface area (Å²) in [7, 11) is 1.75. The second-order valence-electron chi connectivity index (χ2n) is 5.08. The molecule has 0 bridgehead atoms. The molecule has 0 fully saturated rings. The number of carbonyl (C=O) groups is 1. The maximum atomic E-state index is 13.4. The lowest BCUT2D eigenvalue weighted by Crippen LogP contribution is -2.33. The molecule has 6 heteroatoms. The van der Waals surface area contributed by atoms with Crippen LogP contribution in [0.15, 0.2) is 48.5 Å². The van der Waals surface area contributed by atoms with E-state index in [9.17, 15) is 13.6 Å². The molecule has 0 aliphatic carbocycles. The number of nitrogens with one attached hydrogen (secondary N) is 1. The van der Waals surface area contributed by atoms with E-state index in [0.29, 0.717) is 12.2 Å². The SMILES string of the molecule is CN(CCOc1ccccc1F)CC(=O)Nc1cccc(F)c1. The summed E-state index contributed by atoms with van der Waals surface area (Å²) in [5.41, 5.74) is 0.408. The van der Waals surface area contributed by atoms with Crippen molar-refractivity contribution in [2.45, 2.75) is 0 Å². The molecule has 0 saturated carbocycles. The van der Waals surface area contributed by atoms with E-state index in [4.69, 9.17) is 4.74 Å². The number of benzene rings is 2. The Morgan fingerprint density at radius 3 is 2.70 bits per heavy atom. The summed E-state index contributed by atoms with van der Waals surface area (Å²) in [5.74, 6) is -0.900. The maximum absolute atomic E-state index is 13.4. The van der Waals surface area contributed by atoms with Crippen LogP contribution in [0, 0.1) is 11.6 Å². The van der Waals surface area contributed by atoms with Gasteiger partial charge in [0.2, 0.25) is 5.91 Å². The van der Waals surface area contributed by atoms with Gasteiger partial charge in [-0.15, -0.1) is 0 Å². The van der Waals surface area contributed by atoms with Crippen LogP contribution >= 0.6 is 0 Å². The average molecular weight is 320 g/mol. The molecular weight excluding hydrogens is 302 g/mol. The van der Waals surface area contributed by atoms with Crippen LogP contribution in [0.5, 0.6) is 5.75 Å². The Morgan fingerprint density at radius 2 is 1.96 bits per heavy atom. The van der Waals surface area contributed by atoms with Crippen molar-refractivity contribution in [2.24, 2.45) is 0 Å². The Kier molecular flexibility index (Phi) is 6.05. The highest BCUT2D eigenvalue weighted by Crippen LogP contribution is 2.15. The molecule has 2 rings (SSSR count). The highest BCUT2D eigenvalue weighted by Gasteiger charge is 2.08. The number of amides is 1. The summed E-state index contributed by atoms with van der Waals surface area (Å²) in [6.45, 7) is 0.826. The monoisotopic (exact) mass is 320 g/mol. The van der Waals surface area contributed by atoms with Crippen LogP contribution in [-0.4, -0.2) is 37.6 Å². The first kappa shape index (κ1) is 16.9. The molecule has 0 unspecified atom stereocenters. The molecule has 0 aliphatic rings. The first-order valence-electron chi connectivity index (χ1n) is 7.16. The lowest BCUT2D eigenvalue weighted by atomic mass is 10.3. The van der Waals surface area contributed by atoms with Crippen molar-refractivity contribution in [3.8, 4) is 5.75 Å². The predicted molar refractivity (Wildman–Crippen MR) is 84.4 cm³/mol. The van der Waals surface area contributed by atoms with Gasteiger partial charge in [-0.05, 0) is 37.4 Å². The van der Waals surface area contributed by atoms with Crippen LogP contribution in [0.1, 0.15) is 0 Å². The van der Waals surface area contributed by atoms with Gasteiger partial charge >= 0.3 is 0 Å². The van der Waals surface area contributed by atoms with Crippen LogP contribution in [0.25, 0.3) is 0 Å². The number of para-hydroxylation sites is 1. The van der Waals surface area contributed by atoms with E-state index in [-0.39, 0.29) is 24.8 Å². The van der Waals surface area contributed by atoms with Crippen molar-refractivity contribution in [3.63, 3.8) is 0 Å². The van der Waals surface area contributed by atoms with Gasteiger partial charge in [-0.2, -0.15) is 0 Å². The number of rotatable bonds is 7. The first-order valence-corrected chi connectivity index (χ1v) is 7.16. The number of hydrogen-bond acceptors (Lipinski definition) is 3. The summed E-state index contributed by atoms with van der Waals surface area (Å²) in [5, 5.41) is 2.61. The molecule has 0 saturated heterocycles. The zero-order chi connectivity index (χ0) is 16.7. The zero-order valence-electron chi connectivity index (χ0n) is 12.8. The van der Waals surface area contributed by atoms with Gasteiger partial charge < -0.3 is 10.1 Å². The van der Waals surface area contributed by atoms with E-state index in [1.807, 2.05) is 0 Å². The fourth-order valence-electron chi connectivity index (χ4n) is 1.96. The Labute approximate surface area is 133 Å². The molecule has 122 valence electrons. The molecule has 0 heterocycles. The Morgan fingerprint density at radius 1 is 1.17 bits per heavy atom. The third-order valence-electron chi connectivity index (χ3n) is 3.09. The molecule has 0 aliphatic heterocycles. The lowest BCUT2D eigenvalue weighted by molar-refractivity contribution is -0.117. The quantitative estimate of drug-likeness (QED) is 0.853. The van der Waals surface area contributed by atoms with Crippen molar-refractivity contribution in [3.05, 3.63) is 60.2 Å². The molecule has 1 N–H and O–H groups in total. The third kappa shape index (κ3) is 5.67. The highest BCUT2D eigenvalue weighted by atomic mass is 19.1. The summed E-state index contributed by atoms with van der Waals surface area (Å²) in [6, 6.07) is 11.8. The van der Waals surface area contributed by atoms with Crippen molar-refractivity contribution in [2.75, 3.05) is 32.1 Å². The van der Waals surface area contributed by atoms with E-state index in [1.54, 1.807) is 36.2 Å². The standard InChI is InChI=1S/C17H18F2N2O2/c1-21(9-10-23-16-8-3-2-7-15(16)19)12-17(22)20-14-6-4-5-13(18)11-14/h2-8,11H,9-10,12H2,1H3,(H,20,22). The number of carbonyl (C=O) groups excluding carboxylic acids is 1. The van der Waals surface area contributed by atoms with E-state index in [1.165, 1.54) is 24.3 Å². The Balaban J connectivity index is 1.73. The van der Waals surface area contributed by atoms with Gasteiger partial charge in [0.1, 0.15) is 12.4 Å². The highest BCUT2D eigenvalue weighted by molar-refractivity contribution is 5.92. The molecule has 0 spiro atoms. The molecule has 2 aromatic carbocycles. The molecule has 0 atom stereocenters. The molecule has 1 amide bonds. The van der Waals surface area contributed by atoms with Gasteiger partial charge in [-0.25, -0.2) is 8.78 Å².